The molecule has 28 heavy (non-hydrogen) atoms. The molecule has 1 amide bonds. The first-order valence-corrected chi connectivity index (χ1v) is 9.95. The molecule has 0 aromatic heterocycles. The molecule has 2 aromatic rings. The Morgan fingerprint density at radius 1 is 1.00 bits per heavy atom. The van der Waals surface area contributed by atoms with E-state index in [9.17, 15) is 4.79 Å². The molecule has 1 heterocycles. The Kier molecular flexibility index (Phi) is 7.31. The van der Waals surface area contributed by atoms with Crippen LogP contribution >= 0.6 is 0 Å². The molecule has 0 saturated carbocycles. The number of likely N-dealkylation sites (tertiary alicyclic amines) is 1. The molecule has 3 rings (SSSR count). The van der Waals surface area contributed by atoms with Crippen LogP contribution in [0.3, 0.4) is 0 Å². The SMILES string of the molecule is COc1ccc(CC(=O)NCC(Cc2ccccc2)N2CCCC2)cc1OC. The molecule has 1 aliphatic rings. The molecular weight excluding hydrogens is 352 g/mol. The maximum absolute atomic E-state index is 12.5. The summed E-state index contributed by atoms with van der Waals surface area (Å²) in [5.74, 6) is 1.35. The summed E-state index contributed by atoms with van der Waals surface area (Å²) in [6.45, 7) is 2.90. The van der Waals surface area contributed by atoms with Gasteiger partial charge in [0, 0.05) is 12.6 Å². The van der Waals surface area contributed by atoms with Crippen LogP contribution in [0.15, 0.2) is 48.5 Å². The molecule has 0 spiro atoms. The predicted octanol–water partition coefficient (Wildman–Crippen LogP) is 3.07. The fraction of sp³-hybridized carbons (Fsp3) is 0.435. The molecule has 1 atom stereocenters. The summed E-state index contributed by atoms with van der Waals surface area (Å²) in [5.41, 5.74) is 2.23. The second-order valence-corrected chi connectivity index (χ2v) is 7.26. The van der Waals surface area contributed by atoms with Gasteiger partial charge >= 0.3 is 0 Å². The lowest BCUT2D eigenvalue weighted by Crippen LogP contribution is -2.44. The molecule has 1 fully saturated rings. The summed E-state index contributed by atoms with van der Waals surface area (Å²) < 4.78 is 10.6. The van der Waals surface area contributed by atoms with Gasteiger partial charge in [-0.2, -0.15) is 0 Å². The molecule has 1 saturated heterocycles. The molecule has 0 aliphatic carbocycles. The number of methoxy groups -OCH3 is 2. The molecule has 1 N–H and O–H groups in total. The Labute approximate surface area is 167 Å². The van der Waals surface area contributed by atoms with Crippen molar-refractivity contribution in [2.75, 3.05) is 33.9 Å². The molecule has 2 aromatic carbocycles. The van der Waals surface area contributed by atoms with Gasteiger partial charge in [-0.1, -0.05) is 36.4 Å². The van der Waals surface area contributed by atoms with Crippen molar-refractivity contribution < 1.29 is 14.3 Å². The highest BCUT2D eigenvalue weighted by atomic mass is 16.5. The van der Waals surface area contributed by atoms with E-state index in [4.69, 9.17) is 9.47 Å². The topological polar surface area (TPSA) is 50.8 Å². The first-order chi connectivity index (χ1) is 13.7. The Hall–Kier alpha value is -2.53. The zero-order valence-corrected chi connectivity index (χ0v) is 16.8. The summed E-state index contributed by atoms with van der Waals surface area (Å²) in [5, 5.41) is 3.14. The maximum atomic E-state index is 12.5. The number of carbonyl (C=O) groups excluding carboxylic acids is 1. The summed E-state index contributed by atoms with van der Waals surface area (Å²) in [6, 6.07) is 16.5. The molecule has 1 aliphatic heterocycles. The summed E-state index contributed by atoms with van der Waals surface area (Å²) in [4.78, 5) is 15.0. The Morgan fingerprint density at radius 3 is 2.39 bits per heavy atom. The first-order valence-electron chi connectivity index (χ1n) is 9.95. The molecule has 5 nitrogen and oxygen atoms in total. The largest absolute Gasteiger partial charge is 0.493 e. The van der Waals surface area contributed by atoms with Crippen LogP contribution in [0.2, 0.25) is 0 Å². The third kappa shape index (κ3) is 5.49. The third-order valence-corrected chi connectivity index (χ3v) is 5.32. The van der Waals surface area contributed by atoms with Gasteiger partial charge in [-0.3, -0.25) is 9.69 Å². The fourth-order valence-electron chi connectivity index (χ4n) is 3.79. The van der Waals surface area contributed by atoms with Crippen LogP contribution in [-0.4, -0.2) is 50.7 Å². The van der Waals surface area contributed by atoms with Gasteiger partial charge in [0.05, 0.1) is 20.6 Å². The van der Waals surface area contributed by atoms with Crippen LogP contribution in [0.25, 0.3) is 0 Å². The van der Waals surface area contributed by atoms with E-state index in [1.807, 2.05) is 24.3 Å². The highest BCUT2D eigenvalue weighted by Gasteiger charge is 2.22. The molecule has 150 valence electrons. The van der Waals surface area contributed by atoms with Crippen LogP contribution < -0.4 is 14.8 Å². The molecule has 1 unspecified atom stereocenters. The summed E-state index contributed by atoms with van der Waals surface area (Å²) in [6.07, 6.45) is 3.77. The lowest BCUT2D eigenvalue weighted by molar-refractivity contribution is -0.120. The normalized spacial score (nSPS) is 15.2. The second-order valence-electron chi connectivity index (χ2n) is 7.26. The van der Waals surface area contributed by atoms with E-state index in [1.165, 1.54) is 18.4 Å². The van der Waals surface area contributed by atoms with Crippen LogP contribution in [0.5, 0.6) is 11.5 Å². The number of hydrogen-bond donors (Lipinski definition) is 1. The number of benzene rings is 2. The van der Waals surface area contributed by atoms with Crippen molar-refractivity contribution in [2.24, 2.45) is 0 Å². The van der Waals surface area contributed by atoms with Gasteiger partial charge in [-0.05, 0) is 55.6 Å². The van der Waals surface area contributed by atoms with Gasteiger partial charge in [-0.25, -0.2) is 0 Å². The quantitative estimate of drug-likeness (QED) is 0.724. The van der Waals surface area contributed by atoms with Gasteiger partial charge in [0.1, 0.15) is 0 Å². The zero-order chi connectivity index (χ0) is 19.8. The number of nitrogens with zero attached hydrogens (tertiary/aromatic N) is 1. The number of ether oxygens (including phenoxy) is 2. The number of rotatable bonds is 9. The van der Waals surface area contributed by atoms with Crippen LogP contribution in [0.1, 0.15) is 24.0 Å². The van der Waals surface area contributed by atoms with Gasteiger partial charge in [-0.15, -0.1) is 0 Å². The van der Waals surface area contributed by atoms with Gasteiger partial charge in [0.2, 0.25) is 5.91 Å². The van der Waals surface area contributed by atoms with E-state index in [0.717, 1.165) is 25.1 Å². The van der Waals surface area contributed by atoms with Crippen molar-refractivity contribution in [3.05, 3.63) is 59.7 Å². The lowest BCUT2D eigenvalue weighted by atomic mass is 10.0. The first kappa shape index (κ1) is 20.2. The van der Waals surface area contributed by atoms with Crippen LogP contribution in [0.4, 0.5) is 0 Å². The third-order valence-electron chi connectivity index (χ3n) is 5.32. The van der Waals surface area contributed by atoms with Crippen molar-refractivity contribution in [3.63, 3.8) is 0 Å². The van der Waals surface area contributed by atoms with Gasteiger partial charge < -0.3 is 14.8 Å². The minimum absolute atomic E-state index is 0.0319. The van der Waals surface area contributed by atoms with Crippen molar-refractivity contribution in [2.45, 2.75) is 31.7 Å². The Balaban J connectivity index is 1.58. The van der Waals surface area contributed by atoms with Crippen molar-refractivity contribution in [1.29, 1.82) is 0 Å². The van der Waals surface area contributed by atoms with Crippen LogP contribution in [0, 0.1) is 0 Å². The summed E-state index contributed by atoms with van der Waals surface area (Å²) in [7, 11) is 3.21. The van der Waals surface area contributed by atoms with Crippen LogP contribution in [-0.2, 0) is 17.6 Å². The van der Waals surface area contributed by atoms with Crippen molar-refractivity contribution in [3.8, 4) is 11.5 Å². The molecule has 5 heteroatoms. The Bertz CT molecular complexity index is 758. The molecule has 0 radical (unpaired) electrons. The van der Waals surface area contributed by atoms with Gasteiger partial charge in [0.15, 0.2) is 11.5 Å². The standard InChI is InChI=1S/C23H30N2O3/c1-27-21-11-10-19(15-22(21)28-2)16-23(26)24-17-20(25-12-6-7-13-25)14-18-8-4-3-5-9-18/h3-5,8-11,15,20H,6-7,12-14,16-17H2,1-2H3,(H,24,26). The predicted molar refractivity (Wildman–Crippen MR) is 111 cm³/mol. The minimum Gasteiger partial charge on any atom is -0.493 e. The van der Waals surface area contributed by atoms with E-state index < -0.39 is 0 Å². The average molecular weight is 383 g/mol. The van der Waals surface area contributed by atoms with Gasteiger partial charge in [0.25, 0.3) is 0 Å². The zero-order valence-electron chi connectivity index (χ0n) is 16.8. The number of amides is 1. The minimum atomic E-state index is 0.0319. The highest BCUT2D eigenvalue weighted by Crippen LogP contribution is 2.27. The van der Waals surface area contributed by atoms with Crippen molar-refractivity contribution in [1.82, 2.24) is 10.2 Å². The second kappa shape index (κ2) is 10.1. The Morgan fingerprint density at radius 2 is 1.71 bits per heavy atom. The molecular formula is C23H30N2O3. The number of carbonyl (C=O) groups is 1. The van der Waals surface area contributed by atoms with Crippen molar-refractivity contribution >= 4 is 5.91 Å². The monoisotopic (exact) mass is 382 g/mol. The smallest absolute Gasteiger partial charge is 0.224 e. The molecule has 0 bridgehead atoms. The summed E-state index contributed by atoms with van der Waals surface area (Å²) >= 11 is 0. The van der Waals surface area contributed by atoms with E-state index in [0.29, 0.717) is 30.5 Å². The van der Waals surface area contributed by atoms with E-state index in [2.05, 4.69) is 34.5 Å². The number of hydrogen-bond acceptors (Lipinski definition) is 4. The maximum Gasteiger partial charge on any atom is 0.224 e. The lowest BCUT2D eigenvalue weighted by Gasteiger charge is -2.28. The fourth-order valence-corrected chi connectivity index (χ4v) is 3.79. The van der Waals surface area contributed by atoms with E-state index >= 15 is 0 Å². The van der Waals surface area contributed by atoms with E-state index in [1.54, 1.807) is 14.2 Å². The van der Waals surface area contributed by atoms with E-state index in [-0.39, 0.29) is 5.91 Å². The number of nitrogens with one attached hydrogen (secondary N) is 1. The average Bonchev–Trinajstić information content (AvgIpc) is 3.26. The highest BCUT2D eigenvalue weighted by molar-refractivity contribution is 5.78.